The van der Waals surface area contributed by atoms with E-state index >= 15 is 0 Å². The van der Waals surface area contributed by atoms with Crippen molar-refractivity contribution in [2.24, 2.45) is 0 Å². The van der Waals surface area contributed by atoms with E-state index in [1.165, 1.54) is 0 Å². The number of anilines is 2. The SMILES string of the molecule is CCOC(=O)c1ccc(NC(=O)CC[C@@H]2NC(=O)c3ccccc3NC2=O)cc1. The maximum Gasteiger partial charge on any atom is 0.338 e. The summed E-state index contributed by atoms with van der Waals surface area (Å²) >= 11 is 0. The van der Waals surface area contributed by atoms with Crippen molar-refractivity contribution < 1.29 is 23.9 Å². The van der Waals surface area contributed by atoms with Crippen molar-refractivity contribution in [3.63, 3.8) is 0 Å². The van der Waals surface area contributed by atoms with Crippen LogP contribution in [0.1, 0.15) is 40.5 Å². The third-order valence-corrected chi connectivity index (χ3v) is 4.39. The van der Waals surface area contributed by atoms with Crippen LogP contribution in [0, 0.1) is 0 Å². The van der Waals surface area contributed by atoms with Crippen LogP contribution in [0.25, 0.3) is 0 Å². The van der Waals surface area contributed by atoms with Gasteiger partial charge in [-0.15, -0.1) is 0 Å². The van der Waals surface area contributed by atoms with Gasteiger partial charge in [0.1, 0.15) is 6.04 Å². The second-order valence-electron chi connectivity index (χ2n) is 6.45. The fourth-order valence-electron chi connectivity index (χ4n) is 2.92. The lowest BCUT2D eigenvalue weighted by atomic mass is 10.1. The number of amides is 3. The van der Waals surface area contributed by atoms with Gasteiger partial charge in [-0.2, -0.15) is 0 Å². The minimum Gasteiger partial charge on any atom is -0.462 e. The van der Waals surface area contributed by atoms with E-state index in [0.29, 0.717) is 22.5 Å². The molecule has 0 unspecified atom stereocenters. The Labute approximate surface area is 167 Å². The van der Waals surface area contributed by atoms with Gasteiger partial charge in [0.15, 0.2) is 0 Å². The summed E-state index contributed by atoms with van der Waals surface area (Å²) in [6.07, 6.45) is 0.187. The molecule has 2 aromatic rings. The van der Waals surface area contributed by atoms with E-state index in [4.69, 9.17) is 4.74 Å². The molecular weight excluding hydrogens is 374 g/mol. The van der Waals surface area contributed by atoms with E-state index in [-0.39, 0.29) is 37.2 Å². The lowest BCUT2D eigenvalue weighted by molar-refractivity contribution is -0.118. The highest BCUT2D eigenvalue weighted by Gasteiger charge is 2.27. The molecule has 0 aromatic heterocycles. The predicted molar refractivity (Wildman–Crippen MR) is 107 cm³/mol. The zero-order valence-electron chi connectivity index (χ0n) is 15.9. The second-order valence-corrected chi connectivity index (χ2v) is 6.45. The highest BCUT2D eigenvalue weighted by atomic mass is 16.5. The van der Waals surface area contributed by atoms with Crippen molar-refractivity contribution in [3.05, 3.63) is 59.7 Å². The summed E-state index contributed by atoms with van der Waals surface area (Å²) < 4.78 is 4.91. The molecule has 2 aromatic carbocycles. The van der Waals surface area contributed by atoms with Gasteiger partial charge in [0.25, 0.3) is 5.91 Å². The van der Waals surface area contributed by atoms with Crippen LogP contribution in [-0.2, 0) is 14.3 Å². The molecule has 150 valence electrons. The van der Waals surface area contributed by atoms with Gasteiger partial charge in [-0.05, 0) is 49.7 Å². The monoisotopic (exact) mass is 395 g/mol. The Morgan fingerprint density at radius 2 is 1.79 bits per heavy atom. The number of nitrogens with one attached hydrogen (secondary N) is 3. The van der Waals surface area contributed by atoms with E-state index in [2.05, 4.69) is 16.0 Å². The van der Waals surface area contributed by atoms with Crippen LogP contribution in [0.5, 0.6) is 0 Å². The summed E-state index contributed by atoms with van der Waals surface area (Å²) in [4.78, 5) is 48.5. The van der Waals surface area contributed by atoms with Crippen molar-refractivity contribution >= 4 is 35.1 Å². The number of carbonyl (C=O) groups is 4. The molecule has 0 saturated heterocycles. The first-order chi connectivity index (χ1) is 14.0. The Morgan fingerprint density at radius 3 is 2.52 bits per heavy atom. The second kappa shape index (κ2) is 9.01. The smallest absolute Gasteiger partial charge is 0.338 e. The van der Waals surface area contributed by atoms with Crippen molar-refractivity contribution in [1.82, 2.24) is 5.32 Å². The highest BCUT2D eigenvalue weighted by Crippen LogP contribution is 2.19. The van der Waals surface area contributed by atoms with Crippen molar-refractivity contribution in [2.45, 2.75) is 25.8 Å². The average Bonchev–Trinajstić information content (AvgIpc) is 2.83. The zero-order chi connectivity index (χ0) is 20.8. The van der Waals surface area contributed by atoms with Gasteiger partial charge < -0.3 is 20.7 Å². The molecule has 0 fully saturated rings. The standard InChI is InChI=1S/C21H21N3O5/c1-2-29-21(28)13-7-9-14(10-8-13)22-18(25)12-11-17-20(27)23-16-6-4-3-5-15(16)19(26)24-17/h3-10,17H,2,11-12H2,1H3,(H,22,25)(H,23,27)(H,24,26)/t17-/m0/s1. The van der Waals surface area contributed by atoms with Crippen LogP contribution in [0.2, 0.25) is 0 Å². The van der Waals surface area contributed by atoms with Crippen LogP contribution in [0.3, 0.4) is 0 Å². The molecule has 0 bridgehead atoms. The Morgan fingerprint density at radius 1 is 1.07 bits per heavy atom. The molecule has 0 aliphatic carbocycles. The van der Waals surface area contributed by atoms with E-state index < -0.39 is 12.0 Å². The first-order valence-corrected chi connectivity index (χ1v) is 9.25. The number of esters is 1. The number of fused-ring (bicyclic) bond motifs is 1. The summed E-state index contributed by atoms with van der Waals surface area (Å²) in [7, 11) is 0. The van der Waals surface area contributed by atoms with Crippen LogP contribution < -0.4 is 16.0 Å². The molecule has 8 nitrogen and oxygen atoms in total. The lowest BCUT2D eigenvalue weighted by Crippen LogP contribution is -2.41. The fraction of sp³-hybridized carbons (Fsp3) is 0.238. The number of para-hydroxylation sites is 1. The summed E-state index contributed by atoms with van der Waals surface area (Å²) in [6.45, 7) is 2.01. The van der Waals surface area contributed by atoms with Crippen LogP contribution in [0.15, 0.2) is 48.5 Å². The van der Waals surface area contributed by atoms with E-state index in [0.717, 1.165) is 0 Å². The summed E-state index contributed by atoms with van der Waals surface area (Å²) in [5, 5.41) is 8.06. The van der Waals surface area contributed by atoms with Gasteiger partial charge in [0.2, 0.25) is 11.8 Å². The van der Waals surface area contributed by atoms with Crippen LogP contribution in [0.4, 0.5) is 11.4 Å². The zero-order valence-corrected chi connectivity index (χ0v) is 15.9. The number of carbonyl (C=O) groups excluding carboxylic acids is 4. The predicted octanol–water partition coefficient (Wildman–Crippen LogP) is 2.33. The number of ether oxygens (including phenoxy) is 1. The number of rotatable bonds is 6. The molecule has 8 heteroatoms. The average molecular weight is 395 g/mol. The summed E-state index contributed by atoms with van der Waals surface area (Å²) in [6, 6.07) is 12.2. The third kappa shape index (κ3) is 4.98. The Bertz CT molecular complexity index is 940. The third-order valence-electron chi connectivity index (χ3n) is 4.39. The van der Waals surface area contributed by atoms with E-state index in [1.54, 1.807) is 55.5 Å². The largest absolute Gasteiger partial charge is 0.462 e. The highest BCUT2D eigenvalue weighted by molar-refractivity contribution is 6.10. The molecule has 29 heavy (non-hydrogen) atoms. The quantitative estimate of drug-likeness (QED) is 0.650. The summed E-state index contributed by atoms with van der Waals surface area (Å²) in [5.74, 6) is -1.46. The molecular formula is C21H21N3O5. The van der Waals surface area contributed by atoms with E-state index in [1.807, 2.05) is 0 Å². The Kier molecular flexibility index (Phi) is 6.23. The molecule has 3 rings (SSSR count). The molecule has 0 radical (unpaired) electrons. The van der Waals surface area contributed by atoms with Gasteiger partial charge in [-0.1, -0.05) is 12.1 Å². The summed E-state index contributed by atoms with van der Waals surface area (Å²) in [5.41, 5.74) is 1.74. The van der Waals surface area contributed by atoms with Crippen LogP contribution >= 0.6 is 0 Å². The molecule has 1 aliphatic rings. The minimum atomic E-state index is -0.813. The van der Waals surface area contributed by atoms with Gasteiger partial charge in [-0.25, -0.2) is 4.79 Å². The Hall–Kier alpha value is -3.68. The van der Waals surface area contributed by atoms with Gasteiger partial charge in [0.05, 0.1) is 23.4 Å². The minimum absolute atomic E-state index is 0.0361. The molecule has 3 amide bonds. The molecule has 1 heterocycles. The maximum absolute atomic E-state index is 12.3. The first-order valence-electron chi connectivity index (χ1n) is 9.25. The molecule has 1 aliphatic heterocycles. The van der Waals surface area contributed by atoms with Crippen molar-refractivity contribution in [2.75, 3.05) is 17.2 Å². The van der Waals surface area contributed by atoms with E-state index in [9.17, 15) is 19.2 Å². The van der Waals surface area contributed by atoms with Gasteiger partial charge in [-0.3, -0.25) is 14.4 Å². The number of hydrogen-bond acceptors (Lipinski definition) is 5. The molecule has 0 saturated carbocycles. The number of hydrogen-bond donors (Lipinski definition) is 3. The maximum atomic E-state index is 12.3. The number of benzene rings is 2. The van der Waals surface area contributed by atoms with Gasteiger partial charge >= 0.3 is 5.97 Å². The fourth-order valence-corrected chi connectivity index (χ4v) is 2.92. The van der Waals surface area contributed by atoms with Crippen molar-refractivity contribution in [1.29, 1.82) is 0 Å². The molecule has 3 N–H and O–H groups in total. The lowest BCUT2D eigenvalue weighted by Gasteiger charge is -2.14. The van der Waals surface area contributed by atoms with Crippen molar-refractivity contribution in [3.8, 4) is 0 Å². The molecule has 0 spiro atoms. The molecule has 1 atom stereocenters. The normalized spacial score (nSPS) is 15.4. The van der Waals surface area contributed by atoms with Gasteiger partial charge in [0, 0.05) is 12.1 Å². The first kappa shape index (κ1) is 20.1. The topological polar surface area (TPSA) is 114 Å². The Balaban J connectivity index is 1.55. The van der Waals surface area contributed by atoms with Crippen LogP contribution in [-0.4, -0.2) is 36.3 Å².